The van der Waals surface area contributed by atoms with E-state index in [4.69, 9.17) is 13.8 Å². The Morgan fingerprint density at radius 2 is 0.901 bits per heavy atom. The van der Waals surface area contributed by atoms with Gasteiger partial charge in [-0.3, -0.25) is 14.2 Å². The van der Waals surface area contributed by atoms with Crippen molar-refractivity contribution in [3.8, 4) is 0 Å². The molecule has 406 valence electrons. The maximum absolute atomic E-state index is 13.5. The molecule has 0 aromatic rings. The third-order valence-corrected chi connectivity index (χ3v) is 12.7. The molecule has 3 atom stereocenters. The summed E-state index contributed by atoms with van der Waals surface area (Å²) in [6.45, 7) is 6.54. The number of ether oxygens (including phenoxy) is 1. The number of carbonyl (C=O) groups excluding carboxylic acids is 2. The number of quaternary nitrogens is 1. The van der Waals surface area contributed by atoms with Crippen molar-refractivity contribution in [3.63, 3.8) is 0 Å². The van der Waals surface area contributed by atoms with Crippen LogP contribution in [-0.4, -0.2) is 69.4 Å². The molecule has 10 heteroatoms. The zero-order valence-corrected chi connectivity index (χ0v) is 47.0. The van der Waals surface area contributed by atoms with E-state index in [9.17, 15) is 19.0 Å². The molecular weight excluding hydrogens is 904 g/mol. The number of nitrogens with one attached hydrogen (secondary N) is 1. The normalized spacial score (nSPS) is 14.6. The molecule has 0 saturated heterocycles. The van der Waals surface area contributed by atoms with E-state index in [0.29, 0.717) is 23.9 Å². The van der Waals surface area contributed by atoms with Gasteiger partial charge in [0.05, 0.1) is 33.8 Å². The maximum Gasteiger partial charge on any atom is 0.306 e. The largest absolute Gasteiger partial charge is 0.756 e. The lowest BCUT2D eigenvalue weighted by molar-refractivity contribution is -0.870. The lowest BCUT2D eigenvalue weighted by Crippen LogP contribution is -2.47. The van der Waals surface area contributed by atoms with E-state index < -0.39 is 26.6 Å². The SMILES string of the molecule is CC/C=C\C/C=C\C/C=C\C/C=C\C/C=C\CCCCCC(=O)OC(/C=C/CCCCCCCCCCCC)C(COP(=O)([O-])OCC[N+](C)(C)C)NC(=O)CCCCCC/C=C/C/C=C/C/C=C/CC. The molecule has 0 spiro atoms. The molecule has 0 aliphatic heterocycles. The van der Waals surface area contributed by atoms with E-state index in [1.54, 1.807) is 0 Å². The number of nitrogens with zero attached hydrogens (tertiary/aromatic N) is 1. The predicted molar refractivity (Wildman–Crippen MR) is 302 cm³/mol. The third-order valence-electron chi connectivity index (χ3n) is 11.7. The zero-order chi connectivity index (χ0) is 52.2. The van der Waals surface area contributed by atoms with Crippen LogP contribution in [0.4, 0.5) is 0 Å². The third kappa shape index (κ3) is 51.4. The number of hydrogen-bond acceptors (Lipinski definition) is 7. The minimum Gasteiger partial charge on any atom is -0.756 e. The van der Waals surface area contributed by atoms with Crippen molar-refractivity contribution >= 4 is 19.7 Å². The van der Waals surface area contributed by atoms with Crippen molar-refractivity contribution in [3.05, 3.63) is 109 Å². The van der Waals surface area contributed by atoms with Crippen LogP contribution in [0.25, 0.3) is 0 Å². The van der Waals surface area contributed by atoms with E-state index in [1.165, 1.54) is 51.4 Å². The maximum atomic E-state index is 13.5. The second kappa shape index (κ2) is 50.2. The van der Waals surface area contributed by atoms with Gasteiger partial charge in [0.1, 0.15) is 19.3 Å². The van der Waals surface area contributed by atoms with Gasteiger partial charge in [-0.2, -0.15) is 0 Å². The molecule has 0 aromatic heterocycles. The molecular formula is C61H105N2O7P. The van der Waals surface area contributed by atoms with Crippen LogP contribution in [0.3, 0.4) is 0 Å². The number of rotatable bonds is 49. The summed E-state index contributed by atoms with van der Waals surface area (Å²) in [5.41, 5.74) is 0. The van der Waals surface area contributed by atoms with Gasteiger partial charge in [0.15, 0.2) is 0 Å². The summed E-state index contributed by atoms with van der Waals surface area (Å²) in [6.07, 6.45) is 67.7. The number of allylic oxidation sites excluding steroid dienone is 17. The van der Waals surface area contributed by atoms with Gasteiger partial charge in [-0.05, 0) is 109 Å². The fourth-order valence-electron chi connectivity index (χ4n) is 7.38. The van der Waals surface area contributed by atoms with Gasteiger partial charge in [-0.25, -0.2) is 0 Å². The highest BCUT2D eigenvalue weighted by Gasteiger charge is 2.27. The topological polar surface area (TPSA) is 114 Å². The quantitative estimate of drug-likeness (QED) is 0.0212. The summed E-state index contributed by atoms with van der Waals surface area (Å²) in [7, 11) is 1.13. The molecule has 1 N–H and O–H groups in total. The van der Waals surface area contributed by atoms with E-state index >= 15 is 0 Å². The highest BCUT2D eigenvalue weighted by atomic mass is 31.2. The Morgan fingerprint density at radius 3 is 1.37 bits per heavy atom. The number of phosphoric acid groups is 1. The molecule has 0 radical (unpaired) electrons. The van der Waals surface area contributed by atoms with Gasteiger partial charge in [0.2, 0.25) is 5.91 Å². The predicted octanol–water partition coefficient (Wildman–Crippen LogP) is 16.4. The first-order valence-electron chi connectivity index (χ1n) is 28.2. The summed E-state index contributed by atoms with van der Waals surface area (Å²) in [4.78, 5) is 39.8. The van der Waals surface area contributed by atoms with Crippen LogP contribution in [0.15, 0.2) is 109 Å². The van der Waals surface area contributed by atoms with Crippen molar-refractivity contribution in [2.24, 2.45) is 0 Å². The molecule has 0 rings (SSSR count). The Morgan fingerprint density at radius 1 is 0.507 bits per heavy atom. The van der Waals surface area contributed by atoms with Crippen LogP contribution in [0.1, 0.15) is 213 Å². The number of carbonyl (C=O) groups is 2. The Labute approximate surface area is 436 Å². The number of esters is 1. The van der Waals surface area contributed by atoms with Crippen molar-refractivity contribution in [2.45, 2.75) is 226 Å². The summed E-state index contributed by atoms with van der Waals surface area (Å²) in [5.74, 6) is -0.614. The van der Waals surface area contributed by atoms with Gasteiger partial charge < -0.3 is 28.5 Å². The Bertz CT molecular complexity index is 1580. The first-order valence-corrected chi connectivity index (χ1v) is 29.7. The lowest BCUT2D eigenvalue weighted by atomic mass is 10.1. The van der Waals surface area contributed by atoms with Crippen LogP contribution in [0.5, 0.6) is 0 Å². The summed E-state index contributed by atoms with van der Waals surface area (Å²) < 4.78 is 30.2. The van der Waals surface area contributed by atoms with Gasteiger partial charge in [-0.1, -0.05) is 201 Å². The van der Waals surface area contributed by atoms with Gasteiger partial charge in [0, 0.05) is 12.8 Å². The smallest absolute Gasteiger partial charge is 0.306 e. The summed E-state index contributed by atoms with van der Waals surface area (Å²) in [5, 5.41) is 2.99. The van der Waals surface area contributed by atoms with Crippen molar-refractivity contribution < 1.29 is 37.3 Å². The van der Waals surface area contributed by atoms with Crippen molar-refractivity contribution in [2.75, 3.05) is 40.9 Å². The summed E-state index contributed by atoms with van der Waals surface area (Å²) in [6, 6.07) is -0.920. The average Bonchev–Trinajstić information content (AvgIpc) is 3.33. The molecule has 0 aromatic carbocycles. The number of hydrogen-bond donors (Lipinski definition) is 1. The lowest BCUT2D eigenvalue weighted by Gasteiger charge is -2.30. The molecule has 71 heavy (non-hydrogen) atoms. The first kappa shape index (κ1) is 67.7. The fraction of sp³-hybridized carbons (Fsp3) is 0.672. The molecule has 3 unspecified atom stereocenters. The number of likely N-dealkylation sites (N-methyl/N-ethyl adjacent to an activating group) is 1. The molecule has 0 heterocycles. The van der Waals surface area contributed by atoms with Crippen LogP contribution >= 0.6 is 7.82 Å². The first-order chi connectivity index (χ1) is 34.4. The van der Waals surface area contributed by atoms with E-state index in [-0.39, 0.29) is 31.3 Å². The molecule has 0 aliphatic carbocycles. The number of unbranched alkanes of at least 4 members (excludes halogenated alkanes) is 17. The molecule has 0 aliphatic rings. The van der Waals surface area contributed by atoms with Crippen LogP contribution in [0.2, 0.25) is 0 Å². The van der Waals surface area contributed by atoms with Crippen LogP contribution < -0.4 is 10.2 Å². The standard InChI is InChI=1S/C61H105N2O7P/c1-7-10-13-16-19-22-25-28-30-31-32-33-34-36-39-42-45-48-51-54-61(65)70-59(52-49-46-43-40-37-27-24-21-18-15-12-9-3)58(57-69-71(66,67)68-56-55-63(4,5)6)62-60(64)53-50-47-44-41-38-35-29-26-23-20-17-14-11-8-2/h10-11,13-14,19-20,22-23,28-30,32-33,35-36,39,49,52,58-59H,7-9,12,15-18,21,24-27,31,34,37-38,40-48,50-51,53-57H2,1-6H3,(H-,62,64,66,67)/b13-10-,14-11+,22-19-,23-20+,30-28-,33-32-,35-29+,39-36-,52-49+. The second-order valence-electron chi connectivity index (χ2n) is 19.7. The van der Waals surface area contributed by atoms with Gasteiger partial charge in [0.25, 0.3) is 7.82 Å². The van der Waals surface area contributed by atoms with Crippen LogP contribution in [0, 0.1) is 0 Å². The van der Waals surface area contributed by atoms with Crippen molar-refractivity contribution in [1.82, 2.24) is 5.32 Å². The van der Waals surface area contributed by atoms with Gasteiger partial charge >= 0.3 is 5.97 Å². The molecule has 9 nitrogen and oxygen atoms in total. The Hall–Kier alpha value is -3.33. The molecule has 1 amide bonds. The highest BCUT2D eigenvalue weighted by Crippen LogP contribution is 2.38. The Balaban J connectivity index is 5.46. The molecule has 0 saturated carbocycles. The van der Waals surface area contributed by atoms with Gasteiger partial charge in [-0.15, -0.1) is 0 Å². The van der Waals surface area contributed by atoms with Crippen molar-refractivity contribution in [1.29, 1.82) is 0 Å². The molecule has 0 fully saturated rings. The van der Waals surface area contributed by atoms with E-state index in [0.717, 1.165) is 116 Å². The van der Waals surface area contributed by atoms with E-state index in [2.05, 4.69) is 123 Å². The molecule has 0 bridgehead atoms. The monoisotopic (exact) mass is 1010 g/mol. The minimum atomic E-state index is -4.71. The Kier molecular flexibility index (Phi) is 47.9. The average molecular weight is 1010 g/mol. The zero-order valence-electron chi connectivity index (χ0n) is 46.1. The fourth-order valence-corrected chi connectivity index (χ4v) is 8.11. The van der Waals surface area contributed by atoms with Crippen LogP contribution in [-0.2, 0) is 27.9 Å². The summed E-state index contributed by atoms with van der Waals surface area (Å²) >= 11 is 0. The highest BCUT2D eigenvalue weighted by molar-refractivity contribution is 7.45. The minimum absolute atomic E-state index is 0.0384. The number of phosphoric ester groups is 1. The number of amides is 1. The second-order valence-corrected chi connectivity index (χ2v) is 21.1. The van der Waals surface area contributed by atoms with E-state index in [1.807, 2.05) is 33.3 Å².